The van der Waals surface area contributed by atoms with Gasteiger partial charge < -0.3 is 14.4 Å². The van der Waals surface area contributed by atoms with Crippen molar-refractivity contribution >= 4 is 5.97 Å². The summed E-state index contributed by atoms with van der Waals surface area (Å²) in [7, 11) is 3.19. The number of carbonyl (C=O) groups is 1. The van der Waals surface area contributed by atoms with E-state index in [-0.39, 0.29) is 12.0 Å². The molecule has 0 bridgehead atoms. The Kier molecular flexibility index (Phi) is 9.20. The average Bonchev–Trinajstić information content (AvgIpc) is 2.96. The van der Waals surface area contributed by atoms with E-state index in [1.165, 1.54) is 29.4 Å². The van der Waals surface area contributed by atoms with Crippen LogP contribution >= 0.6 is 0 Å². The highest BCUT2D eigenvalue weighted by atomic mass is 16.5. The summed E-state index contributed by atoms with van der Waals surface area (Å²) in [6, 6.07) is 29.6. The Hall–Kier alpha value is -3.19. The number of likely N-dealkylation sites (tertiary alicyclic amines) is 1. The zero-order chi connectivity index (χ0) is 28.1. The lowest BCUT2D eigenvalue weighted by Crippen LogP contribution is -2.56. The highest BCUT2D eigenvalue weighted by Crippen LogP contribution is 2.36. The van der Waals surface area contributed by atoms with Crippen molar-refractivity contribution in [3.05, 3.63) is 101 Å². The summed E-state index contributed by atoms with van der Waals surface area (Å²) in [6.07, 6.45) is 0.458. The molecule has 0 aromatic heterocycles. The van der Waals surface area contributed by atoms with Crippen LogP contribution in [0.15, 0.2) is 78.9 Å². The second kappa shape index (κ2) is 13.0. The fourth-order valence-electron chi connectivity index (χ4n) is 6.28. The first-order chi connectivity index (χ1) is 19.4. The minimum Gasteiger partial charge on any atom is -0.497 e. The van der Waals surface area contributed by atoms with Gasteiger partial charge in [-0.3, -0.25) is 14.6 Å². The lowest BCUT2D eigenvalue weighted by molar-refractivity contribution is -0.141. The lowest BCUT2D eigenvalue weighted by Gasteiger charge is -2.48. The Morgan fingerprint density at radius 3 is 2.30 bits per heavy atom. The summed E-state index contributed by atoms with van der Waals surface area (Å²) in [5.41, 5.74) is 5.32. The molecule has 0 radical (unpaired) electrons. The van der Waals surface area contributed by atoms with Crippen LogP contribution in [0.4, 0.5) is 0 Å². The third-order valence-electron chi connectivity index (χ3n) is 8.67. The number of rotatable bonds is 10. The molecule has 2 aliphatic rings. The molecule has 5 rings (SSSR count). The summed E-state index contributed by atoms with van der Waals surface area (Å²) in [5.74, 6) is 1.27. The predicted octanol–water partition coefficient (Wildman–Crippen LogP) is 5.34. The maximum atomic E-state index is 11.5. The normalized spacial score (nSPS) is 21.5. The number of esters is 1. The van der Waals surface area contributed by atoms with Gasteiger partial charge in [0.2, 0.25) is 0 Å². The van der Waals surface area contributed by atoms with E-state index in [1.54, 1.807) is 7.11 Å². The van der Waals surface area contributed by atoms with Gasteiger partial charge in [0, 0.05) is 57.3 Å². The van der Waals surface area contributed by atoms with Crippen LogP contribution < -0.4 is 4.74 Å². The van der Waals surface area contributed by atoms with Gasteiger partial charge in [-0.2, -0.15) is 0 Å². The van der Waals surface area contributed by atoms with Crippen molar-refractivity contribution < 1.29 is 14.3 Å². The van der Waals surface area contributed by atoms with E-state index in [2.05, 4.69) is 101 Å². The minimum absolute atomic E-state index is 0.138. The first kappa shape index (κ1) is 28.3. The van der Waals surface area contributed by atoms with Gasteiger partial charge in [0.05, 0.1) is 26.7 Å². The molecule has 3 aromatic rings. The molecule has 2 fully saturated rings. The Bertz CT molecular complexity index is 1240. The molecule has 6 heteroatoms. The summed E-state index contributed by atoms with van der Waals surface area (Å²) in [6.45, 7) is 10.5. The molecular formula is C34H43N3O3. The molecule has 2 saturated heterocycles. The van der Waals surface area contributed by atoms with Crippen LogP contribution in [0.25, 0.3) is 0 Å². The van der Waals surface area contributed by atoms with Gasteiger partial charge in [0.1, 0.15) is 5.75 Å². The smallest absolute Gasteiger partial charge is 0.306 e. The predicted molar refractivity (Wildman–Crippen MR) is 160 cm³/mol. The number of ether oxygens (including phenoxy) is 2. The minimum atomic E-state index is -0.138. The second-order valence-electron chi connectivity index (χ2n) is 11.4. The van der Waals surface area contributed by atoms with Gasteiger partial charge in [-0.25, -0.2) is 0 Å². The van der Waals surface area contributed by atoms with Crippen LogP contribution in [0.5, 0.6) is 5.75 Å². The summed E-state index contributed by atoms with van der Waals surface area (Å²) in [5, 5.41) is 0. The van der Waals surface area contributed by atoms with Crippen molar-refractivity contribution in [2.75, 3.05) is 46.9 Å². The fraction of sp³-hybridized carbons (Fsp3) is 0.441. The zero-order valence-electron chi connectivity index (χ0n) is 24.3. The molecule has 212 valence electrons. The molecule has 0 saturated carbocycles. The molecular weight excluding hydrogens is 498 g/mol. The van der Waals surface area contributed by atoms with E-state index in [4.69, 9.17) is 9.47 Å². The van der Waals surface area contributed by atoms with E-state index in [0.717, 1.165) is 45.0 Å². The fourth-order valence-corrected chi connectivity index (χ4v) is 6.28. The van der Waals surface area contributed by atoms with Gasteiger partial charge >= 0.3 is 5.97 Å². The Morgan fingerprint density at radius 2 is 1.60 bits per heavy atom. The van der Waals surface area contributed by atoms with Crippen LogP contribution in [0.3, 0.4) is 0 Å². The number of hydrogen-bond acceptors (Lipinski definition) is 6. The van der Waals surface area contributed by atoms with Gasteiger partial charge in [-0.05, 0) is 48.2 Å². The zero-order valence-corrected chi connectivity index (χ0v) is 24.3. The molecule has 0 amide bonds. The number of benzene rings is 3. The maximum Gasteiger partial charge on any atom is 0.306 e. The third kappa shape index (κ3) is 6.57. The molecule has 2 aliphatic heterocycles. The first-order valence-corrected chi connectivity index (χ1v) is 14.5. The number of hydrogen-bond donors (Lipinski definition) is 0. The molecule has 0 N–H and O–H groups in total. The topological polar surface area (TPSA) is 45.2 Å². The van der Waals surface area contributed by atoms with Crippen molar-refractivity contribution in [2.45, 2.75) is 50.9 Å². The molecule has 0 aliphatic carbocycles. The van der Waals surface area contributed by atoms with Crippen LogP contribution in [0, 0.1) is 0 Å². The first-order valence-electron chi connectivity index (χ1n) is 14.5. The standard InChI is InChI=1S/C34H43N3O3/c1-25-21-37(26(2)20-36(25)22-27-9-6-5-7-10-27)34(30-11-8-12-32(19-30)39-3)29-15-13-28(14-16-29)31-23-35(24-31)18-17-33(38)40-4/h5-16,19,25-26,31,34H,17-18,20-24H2,1-4H3/t25-,26-,34?/m1/s1. The van der Waals surface area contributed by atoms with Crippen LogP contribution in [0.2, 0.25) is 0 Å². The molecule has 0 spiro atoms. The Labute approximate surface area is 239 Å². The summed E-state index contributed by atoms with van der Waals surface area (Å²) >= 11 is 0. The van der Waals surface area contributed by atoms with Gasteiger partial charge in [-0.1, -0.05) is 66.7 Å². The van der Waals surface area contributed by atoms with Gasteiger partial charge in [0.15, 0.2) is 0 Å². The maximum absolute atomic E-state index is 11.5. The highest BCUT2D eigenvalue weighted by molar-refractivity contribution is 5.69. The molecule has 2 heterocycles. The lowest BCUT2D eigenvalue weighted by atomic mass is 9.88. The monoisotopic (exact) mass is 541 g/mol. The van der Waals surface area contributed by atoms with E-state index < -0.39 is 0 Å². The second-order valence-corrected chi connectivity index (χ2v) is 11.4. The van der Waals surface area contributed by atoms with E-state index >= 15 is 0 Å². The SMILES string of the molecule is COC(=O)CCN1CC(c2ccc(C(c3cccc(OC)c3)N3C[C@@H](C)N(Cc4ccccc4)C[C@H]3C)cc2)C1. The van der Waals surface area contributed by atoms with Crippen molar-refractivity contribution in [1.82, 2.24) is 14.7 Å². The number of nitrogens with zero attached hydrogens (tertiary/aromatic N) is 3. The number of carbonyl (C=O) groups excluding carboxylic acids is 1. The van der Waals surface area contributed by atoms with Gasteiger partial charge in [0.25, 0.3) is 0 Å². The third-order valence-corrected chi connectivity index (χ3v) is 8.67. The van der Waals surface area contributed by atoms with Crippen LogP contribution in [0.1, 0.15) is 54.5 Å². The van der Waals surface area contributed by atoms with Crippen molar-refractivity contribution in [2.24, 2.45) is 0 Å². The molecule has 1 unspecified atom stereocenters. The quantitative estimate of drug-likeness (QED) is 0.323. The average molecular weight is 542 g/mol. The summed E-state index contributed by atoms with van der Waals surface area (Å²) < 4.78 is 10.4. The molecule has 3 aromatic carbocycles. The van der Waals surface area contributed by atoms with E-state index in [0.29, 0.717) is 24.4 Å². The Balaban J connectivity index is 1.33. The van der Waals surface area contributed by atoms with Crippen molar-refractivity contribution in [1.29, 1.82) is 0 Å². The van der Waals surface area contributed by atoms with Crippen molar-refractivity contribution in [3.8, 4) is 5.75 Å². The number of methoxy groups -OCH3 is 2. The Morgan fingerprint density at radius 1 is 0.850 bits per heavy atom. The summed E-state index contributed by atoms with van der Waals surface area (Å²) in [4.78, 5) is 19.1. The van der Waals surface area contributed by atoms with E-state index in [9.17, 15) is 4.79 Å². The van der Waals surface area contributed by atoms with E-state index in [1.807, 2.05) is 6.07 Å². The van der Waals surface area contributed by atoms with Crippen LogP contribution in [-0.2, 0) is 16.1 Å². The molecule has 40 heavy (non-hydrogen) atoms. The molecule has 6 nitrogen and oxygen atoms in total. The largest absolute Gasteiger partial charge is 0.497 e. The van der Waals surface area contributed by atoms with Gasteiger partial charge in [-0.15, -0.1) is 0 Å². The molecule has 3 atom stereocenters. The van der Waals surface area contributed by atoms with Crippen molar-refractivity contribution in [3.63, 3.8) is 0 Å². The number of piperazine rings is 1. The van der Waals surface area contributed by atoms with Crippen LogP contribution in [-0.4, -0.2) is 79.7 Å². The highest BCUT2D eigenvalue weighted by Gasteiger charge is 2.35.